The minimum atomic E-state index is -0.461. The standard InChI is InChI=1S/C28H25ClFN3O/c1-18-26(11-7-21-14-19(16-31-27(18)21)17-33-12-2-3-13-33)32-28(34)22-6-10-24(25(30)15-22)20-4-8-23(29)9-5-20/h4-11,14-16H,2-3,12-13,17H2,1H3,(H,32,34). The molecule has 0 spiro atoms. The Hall–Kier alpha value is -3.28. The summed E-state index contributed by atoms with van der Waals surface area (Å²) in [6, 6.07) is 17.5. The van der Waals surface area contributed by atoms with E-state index in [-0.39, 0.29) is 11.5 Å². The topological polar surface area (TPSA) is 45.2 Å². The molecule has 4 nitrogen and oxygen atoms in total. The summed E-state index contributed by atoms with van der Waals surface area (Å²) in [5.74, 6) is -0.827. The molecule has 1 N–H and O–H groups in total. The molecular formula is C28H25ClFN3O. The minimum Gasteiger partial charge on any atom is -0.322 e. The van der Waals surface area contributed by atoms with Crippen LogP contribution >= 0.6 is 11.6 Å². The minimum absolute atomic E-state index is 0.253. The van der Waals surface area contributed by atoms with Gasteiger partial charge in [-0.15, -0.1) is 0 Å². The zero-order valence-electron chi connectivity index (χ0n) is 18.9. The lowest BCUT2D eigenvalue weighted by Gasteiger charge is -2.15. The predicted molar refractivity (Wildman–Crippen MR) is 136 cm³/mol. The fourth-order valence-corrected chi connectivity index (χ4v) is 4.65. The summed E-state index contributed by atoms with van der Waals surface area (Å²) in [4.78, 5) is 20.0. The van der Waals surface area contributed by atoms with Crippen molar-refractivity contribution in [3.63, 3.8) is 0 Å². The molecule has 0 saturated carbocycles. The number of halogens is 2. The zero-order valence-corrected chi connectivity index (χ0v) is 19.7. The predicted octanol–water partition coefficient (Wildman–Crippen LogP) is 6.85. The van der Waals surface area contributed by atoms with Crippen molar-refractivity contribution in [3.05, 3.63) is 94.4 Å². The Kier molecular flexibility index (Phi) is 6.31. The normalized spacial score (nSPS) is 14.0. The van der Waals surface area contributed by atoms with Crippen LogP contribution in [0.15, 0.2) is 66.9 Å². The van der Waals surface area contributed by atoms with Crippen molar-refractivity contribution >= 4 is 34.1 Å². The number of fused-ring (bicyclic) bond motifs is 1. The fourth-order valence-electron chi connectivity index (χ4n) is 4.53. The highest BCUT2D eigenvalue weighted by atomic mass is 35.5. The Balaban J connectivity index is 1.35. The Morgan fingerprint density at radius 3 is 2.56 bits per heavy atom. The van der Waals surface area contributed by atoms with Gasteiger partial charge >= 0.3 is 0 Å². The first kappa shape index (κ1) is 22.5. The average Bonchev–Trinajstić information content (AvgIpc) is 3.34. The van der Waals surface area contributed by atoms with Crippen LogP contribution in [0, 0.1) is 12.7 Å². The van der Waals surface area contributed by atoms with Gasteiger partial charge in [-0.1, -0.05) is 35.9 Å². The fraction of sp³-hybridized carbons (Fsp3) is 0.214. The first-order valence-corrected chi connectivity index (χ1v) is 11.8. The average molecular weight is 474 g/mol. The highest BCUT2D eigenvalue weighted by Gasteiger charge is 2.15. The number of likely N-dealkylation sites (tertiary alicyclic amines) is 1. The Bertz CT molecular complexity index is 1360. The molecular weight excluding hydrogens is 449 g/mol. The zero-order chi connectivity index (χ0) is 23.7. The van der Waals surface area contributed by atoms with Crippen LogP contribution in [0.5, 0.6) is 0 Å². The van der Waals surface area contributed by atoms with Crippen LogP contribution in [0.1, 0.15) is 34.3 Å². The molecule has 0 atom stereocenters. The molecule has 172 valence electrons. The molecule has 1 saturated heterocycles. The maximum absolute atomic E-state index is 14.8. The smallest absolute Gasteiger partial charge is 0.255 e. The Morgan fingerprint density at radius 2 is 1.82 bits per heavy atom. The van der Waals surface area contributed by atoms with Crippen LogP contribution in [0.4, 0.5) is 10.1 Å². The lowest BCUT2D eigenvalue weighted by atomic mass is 10.0. The number of carbonyl (C=O) groups is 1. The first-order valence-electron chi connectivity index (χ1n) is 11.5. The maximum atomic E-state index is 14.8. The van der Waals surface area contributed by atoms with Crippen LogP contribution in [-0.2, 0) is 6.54 Å². The van der Waals surface area contributed by atoms with Crippen molar-refractivity contribution in [1.29, 1.82) is 0 Å². The van der Waals surface area contributed by atoms with Crippen LogP contribution < -0.4 is 5.32 Å². The first-order chi connectivity index (χ1) is 16.5. The summed E-state index contributed by atoms with van der Waals surface area (Å²) in [7, 11) is 0. The van der Waals surface area contributed by atoms with E-state index in [4.69, 9.17) is 11.6 Å². The van der Waals surface area contributed by atoms with Gasteiger partial charge in [0.25, 0.3) is 5.91 Å². The van der Waals surface area contributed by atoms with E-state index < -0.39 is 5.82 Å². The highest BCUT2D eigenvalue weighted by Crippen LogP contribution is 2.28. The number of carbonyl (C=O) groups excluding carboxylic acids is 1. The molecule has 1 fully saturated rings. The van der Waals surface area contributed by atoms with Crippen molar-refractivity contribution in [2.45, 2.75) is 26.3 Å². The van der Waals surface area contributed by atoms with Crippen molar-refractivity contribution in [3.8, 4) is 11.1 Å². The van der Waals surface area contributed by atoms with E-state index in [0.717, 1.165) is 36.1 Å². The molecule has 5 rings (SSSR count). The summed E-state index contributed by atoms with van der Waals surface area (Å²) in [5.41, 5.74) is 4.98. The molecule has 2 heterocycles. The second-order valence-corrected chi connectivity index (χ2v) is 9.23. The highest BCUT2D eigenvalue weighted by molar-refractivity contribution is 6.30. The second kappa shape index (κ2) is 9.53. The van der Waals surface area contributed by atoms with Gasteiger partial charge in [-0.2, -0.15) is 0 Å². The van der Waals surface area contributed by atoms with Gasteiger partial charge < -0.3 is 5.32 Å². The van der Waals surface area contributed by atoms with Gasteiger partial charge in [0.2, 0.25) is 0 Å². The van der Waals surface area contributed by atoms with Gasteiger partial charge in [-0.25, -0.2) is 4.39 Å². The van der Waals surface area contributed by atoms with E-state index in [1.807, 2.05) is 25.3 Å². The van der Waals surface area contributed by atoms with Crippen LogP contribution in [0.2, 0.25) is 5.02 Å². The number of hydrogen-bond donors (Lipinski definition) is 1. The number of rotatable bonds is 5. The summed E-state index contributed by atoms with van der Waals surface area (Å²) >= 11 is 5.92. The van der Waals surface area contributed by atoms with E-state index in [9.17, 15) is 9.18 Å². The SMILES string of the molecule is Cc1c(NC(=O)c2ccc(-c3ccc(Cl)cc3)c(F)c2)ccc2cc(CN3CCCC3)cnc12. The Morgan fingerprint density at radius 1 is 1.06 bits per heavy atom. The molecule has 1 amide bonds. The number of pyridine rings is 1. The van der Waals surface area contributed by atoms with Gasteiger partial charge in [-0.05, 0) is 85.9 Å². The number of aryl methyl sites for hydroxylation is 1. The van der Waals surface area contributed by atoms with Crippen molar-refractivity contribution < 1.29 is 9.18 Å². The van der Waals surface area contributed by atoms with Gasteiger partial charge in [-0.3, -0.25) is 14.7 Å². The largest absolute Gasteiger partial charge is 0.322 e. The number of benzene rings is 3. The van der Waals surface area contributed by atoms with Crippen molar-refractivity contribution in [2.75, 3.05) is 18.4 Å². The third-order valence-electron chi connectivity index (χ3n) is 6.40. The molecule has 34 heavy (non-hydrogen) atoms. The Labute approximate surface area is 203 Å². The quantitative estimate of drug-likeness (QED) is 0.344. The van der Waals surface area contributed by atoms with Crippen molar-refractivity contribution in [2.24, 2.45) is 0 Å². The van der Waals surface area contributed by atoms with E-state index in [0.29, 0.717) is 21.8 Å². The number of amides is 1. The summed E-state index contributed by atoms with van der Waals surface area (Å²) < 4.78 is 14.8. The summed E-state index contributed by atoms with van der Waals surface area (Å²) in [5, 5.41) is 4.55. The third-order valence-corrected chi connectivity index (χ3v) is 6.65. The second-order valence-electron chi connectivity index (χ2n) is 8.79. The molecule has 1 aromatic heterocycles. The lowest BCUT2D eigenvalue weighted by Crippen LogP contribution is -2.18. The van der Waals surface area contributed by atoms with Crippen LogP contribution in [-0.4, -0.2) is 28.9 Å². The molecule has 1 aliphatic heterocycles. The summed E-state index contributed by atoms with van der Waals surface area (Å²) in [6.07, 6.45) is 4.44. The van der Waals surface area contributed by atoms with Crippen molar-refractivity contribution in [1.82, 2.24) is 9.88 Å². The van der Waals surface area contributed by atoms with Gasteiger partial charge in [0.1, 0.15) is 5.82 Å². The lowest BCUT2D eigenvalue weighted by molar-refractivity contribution is 0.102. The molecule has 0 unspecified atom stereocenters. The van der Waals surface area contributed by atoms with E-state index in [1.165, 1.54) is 24.5 Å². The van der Waals surface area contributed by atoms with E-state index >= 15 is 0 Å². The van der Waals surface area contributed by atoms with E-state index in [1.54, 1.807) is 36.4 Å². The number of nitrogens with zero attached hydrogens (tertiary/aromatic N) is 2. The van der Waals surface area contributed by atoms with Crippen LogP contribution in [0.25, 0.3) is 22.0 Å². The molecule has 3 aromatic carbocycles. The monoisotopic (exact) mass is 473 g/mol. The third kappa shape index (κ3) is 4.67. The van der Waals surface area contributed by atoms with Gasteiger partial charge in [0.05, 0.1) is 5.52 Å². The molecule has 0 aliphatic carbocycles. The number of nitrogens with one attached hydrogen (secondary N) is 1. The molecule has 1 aliphatic rings. The van der Waals surface area contributed by atoms with Gasteiger partial charge in [0, 0.05) is 40.0 Å². The van der Waals surface area contributed by atoms with E-state index in [2.05, 4.69) is 21.3 Å². The van der Waals surface area contributed by atoms with Gasteiger partial charge in [0.15, 0.2) is 0 Å². The molecule has 0 radical (unpaired) electrons. The number of aromatic nitrogens is 1. The maximum Gasteiger partial charge on any atom is 0.255 e. The number of hydrogen-bond acceptors (Lipinski definition) is 3. The number of anilines is 1. The molecule has 0 bridgehead atoms. The van der Waals surface area contributed by atoms with Crippen LogP contribution in [0.3, 0.4) is 0 Å². The molecule has 6 heteroatoms. The molecule has 4 aromatic rings. The summed E-state index contributed by atoms with van der Waals surface area (Å²) in [6.45, 7) is 5.14.